The van der Waals surface area contributed by atoms with Gasteiger partial charge in [-0.3, -0.25) is 0 Å². The van der Waals surface area contributed by atoms with E-state index in [9.17, 15) is 0 Å². The summed E-state index contributed by atoms with van der Waals surface area (Å²) >= 11 is 12.2. The number of benzene rings is 2. The van der Waals surface area contributed by atoms with Gasteiger partial charge >= 0.3 is 0 Å². The molecule has 2 aromatic carbocycles. The smallest absolute Gasteiger partial charge is 0.0406 e. The van der Waals surface area contributed by atoms with Crippen LogP contribution in [0.4, 0.5) is 0 Å². The number of hydrogen-bond acceptors (Lipinski definition) is 1. The van der Waals surface area contributed by atoms with Gasteiger partial charge in [-0.05, 0) is 79.6 Å². The molecule has 2 heterocycles. The van der Waals surface area contributed by atoms with Crippen LogP contribution in [0.2, 0.25) is 10.0 Å². The highest BCUT2D eigenvalue weighted by Crippen LogP contribution is 2.39. The summed E-state index contributed by atoms with van der Waals surface area (Å²) in [6, 6.07) is 17.8. The molecule has 2 aliphatic rings. The molecule has 4 rings (SSSR count). The fourth-order valence-corrected chi connectivity index (χ4v) is 4.70. The molecule has 2 aliphatic heterocycles. The Hall–Kier alpha value is -1.28. The van der Waals surface area contributed by atoms with Crippen molar-refractivity contribution < 1.29 is 0 Å². The molecule has 3 atom stereocenters. The highest BCUT2D eigenvalue weighted by Gasteiger charge is 2.37. The number of fused-ring (bicyclic) bond motifs is 2. The van der Waals surface area contributed by atoms with Crippen molar-refractivity contribution in [1.29, 1.82) is 0 Å². The summed E-state index contributed by atoms with van der Waals surface area (Å²) in [6.07, 6.45) is 7.71. The minimum atomic E-state index is 0.634. The van der Waals surface area contributed by atoms with Gasteiger partial charge in [0.05, 0.1) is 0 Å². The lowest BCUT2D eigenvalue weighted by Gasteiger charge is -2.35. The second-order valence-electron chi connectivity index (χ2n) is 7.38. The Morgan fingerprint density at radius 3 is 1.72 bits per heavy atom. The molecule has 2 aromatic rings. The zero-order chi connectivity index (χ0) is 17.4. The number of hydrogen-bond donors (Lipinski definition) is 0. The summed E-state index contributed by atoms with van der Waals surface area (Å²) < 4.78 is 0. The monoisotopic (exact) mass is 371 g/mol. The lowest BCUT2D eigenvalue weighted by Crippen LogP contribution is -2.39. The fraction of sp³-hybridized carbons (Fsp3) is 0.364. The van der Waals surface area contributed by atoms with Crippen LogP contribution in [-0.4, -0.2) is 24.0 Å². The molecular weight excluding hydrogens is 349 g/mol. The first-order chi connectivity index (χ1) is 12.1. The summed E-state index contributed by atoms with van der Waals surface area (Å²) in [7, 11) is 2.29. The Labute approximate surface area is 160 Å². The molecule has 0 saturated carbocycles. The second kappa shape index (κ2) is 7.15. The molecule has 2 bridgehead atoms. The molecule has 0 spiro atoms. The van der Waals surface area contributed by atoms with Gasteiger partial charge in [-0.1, -0.05) is 53.5 Å². The van der Waals surface area contributed by atoms with E-state index in [1.807, 2.05) is 24.3 Å². The topological polar surface area (TPSA) is 3.24 Å². The van der Waals surface area contributed by atoms with Crippen LogP contribution in [0.5, 0.6) is 0 Å². The number of halogens is 2. The molecule has 25 heavy (non-hydrogen) atoms. The van der Waals surface area contributed by atoms with Crippen molar-refractivity contribution in [2.45, 2.75) is 37.8 Å². The Balaban J connectivity index is 1.70. The molecule has 2 fully saturated rings. The minimum absolute atomic E-state index is 0.634. The van der Waals surface area contributed by atoms with Crippen LogP contribution < -0.4 is 0 Å². The van der Waals surface area contributed by atoms with Crippen LogP contribution in [0.25, 0.3) is 5.57 Å². The van der Waals surface area contributed by atoms with E-state index < -0.39 is 0 Å². The van der Waals surface area contributed by atoms with E-state index in [1.165, 1.54) is 42.4 Å². The average molecular weight is 372 g/mol. The summed E-state index contributed by atoms with van der Waals surface area (Å²) in [5, 5.41) is 1.55. The van der Waals surface area contributed by atoms with E-state index >= 15 is 0 Å². The van der Waals surface area contributed by atoms with Crippen molar-refractivity contribution in [1.82, 2.24) is 4.90 Å². The number of allylic oxidation sites excluding steroid dienone is 1. The van der Waals surface area contributed by atoms with Gasteiger partial charge in [0.1, 0.15) is 0 Å². The van der Waals surface area contributed by atoms with Gasteiger partial charge in [-0.2, -0.15) is 0 Å². The van der Waals surface area contributed by atoms with Gasteiger partial charge in [0.25, 0.3) is 0 Å². The third-order valence-corrected chi connectivity index (χ3v) is 6.35. The van der Waals surface area contributed by atoms with E-state index in [1.54, 1.807) is 0 Å². The first-order valence-corrected chi connectivity index (χ1v) is 9.81. The Kier molecular flexibility index (Phi) is 4.90. The molecule has 0 aliphatic carbocycles. The molecular formula is C22H23Cl2N. The van der Waals surface area contributed by atoms with Gasteiger partial charge in [-0.15, -0.1) is 0 Å². The predicted octanol–water partition coefficient (Wildman–Crippen LogP) is 6.30. The van der Waals surface area contributed by atoms with Gasteiger partial charge in [0.2, 0.25) is 0 Å². The van der Waals surface area contributed by atoms with Crippen LogP contribution in [0, 0.1) is 5.92 Å². The van der Waals surface area contributed by atoms with Crippen molar-refractivity contribution in [3.63, 3.8) is 0 Å². The molecule has 0 aromatic heterocycles. The predicted molar refractivity (Wildman–Crippen MR) is 107 cm³/mol. The van der Waals surface area contributed by atoms with E-state index in [0.29, 0.717) is 5.92 Å². The summed E-state index contributed by atoms with van der Waals surface area (Å²) in [4.78, 5) is 2.59. The first-order valence-electron chi connectivity index (χ1n) is 9.06. The standard InChI is InChI=1S/C22H23Cl2N/c1-25-20-10-11-21(25)13-15(12-20)14-22(16-2-6-18(23)7-3-16)17-4-8-19(24)9-5-17/h2-9,14-15,20-21H,10-13H2,1H3/t15-,20+,21-. The van der Waals surface area contributed by atoms with Gasteiger partial charge in [0.15, 0.2) is 0 Å². The number of rotatable bonds is 3. The zero-order valence-corrected chi connectivity index (χ0v) is 16.0. The Bertz CT molecular complexity index is 702. The fourth-order valence-electron chi connectivity index (χ4n) is 4.44. The quantitative estimate of drug-likeness (QED) is 0.611. The summed E-state index contributed by atoms with van der Waals surface area (Å²) in [5.74, 6) is 0.634. The number of piperidine rings is 1. The minimum Gasteiger partial charge on any atom is -0.300 e. The lowest BCUT2D eigenvalue weighted by atomic mass is 9.86. The van der Waals surface area contributed by atoms with Crippen LogP contribution in [0.1, 0.15) is 36.8 Å². The second-order valence-corrected chi connectivity index (χ2v) is 8.25. The van der Waals surface area contributed by atoms with Crippen LogP contribution >= 0.6 is 23.2 Å². The van der Waals surface area contributed by atoms with Crippen molar-refractivity contribution >= 4 is 28.8 Å². The molecule has 1 nitrogen and oxygen atoms in total. The third-order valence-electron chi connectivity index (χ3n) is 5.85. The van der Waals surface area contributed by atoms with Crippen LogP contribution in [0.3, 0.4) is 0 Å². The van der Waals surface area contributed by atoms with E-state index in [0.717, 1.165) is 22.1 Å². The zero-order valence-electron chi connectivity index (χ0n) is 14.5. The molecule has 3 heteroatoms. The largest absolute Gasteiger partial charge is 0.300 e. The normalized spacial score (nSPS) is 25.8. The molecule has 2 saturated heterocycles. The maximum absolute atomic E-state index is 6.10. The van der Waals surface area contributed by atoms with Gasteiger partial charge in [0, 0.05) is 22.1 Å². The average Bonchev–Trinajstić information content (AvgIpc) is 2.83. The lowest BCUT2D eigenvalue weighted by molar-refractivity contribution is 0.152. The van der Waals surface area contributed by atoms with Gasteiger partial charge < -0.3 is 4.90 Å². The molecule has 0 radical (unpaired) electrons. The maximum Gasteiger partial charge on any atom is 0.0406 e. The third kappa shape index (κ3) is 3.65. The van der Waals surface area contributed by atoms with E-state index in [2.05, 4.69) is 42.3 Å². The summed E-state index contributed by atoms with van der Waals surface area (Å²) in [6.45, 7) is 0. The molecule has 0 unspecified atom stereocenters. The van der Waals surface area contributed by atoms with Crippen molar-refractivity contribution in [3.8, 4) is 0 Å². The van der Waals surface area contributed by atoms with Gasteiger partial charge in [-0.25, -0.2) is 0 Å². The van der Waals surface area contributed by atoms with E-state index in [-0.39, 0.29) is 0 Å². The van der Waals surface area contributed by atoms with Crippen molar-refractivity contribution in [2.75, 3.05) is 7.05 Å². The van der Waals surface area contributed by atoms with Crippen molar-refractivity contribution in [3.05, 3.63) is 75.8 Å². The summed E-state index contributed by atoms with van der Waals surface area (Å²) in [5.41, 5.74) is 3.73. The first kappa shape index (κ1) is 17.1. The highest BCUT2D eigenvalue weighted by molar-refractivity contribution is 6.31. The highest BCUT2D eigenvalue weighted by atomic mass is 35.5. The molecule has 0 N–H and O–H groups in total. The Morgan fingerprint density at radius 1 is 0.840 bits per heavy atom. The van der Waals surface area contributed by atoms with E-state index in [4.69, 9.17) is 23.2 Å². The molecule has 130 valence electrons. The van der Waals surface area contributed by atoms with Crippen molar-refractivity contribution in [2.24, 2.45) is 5.92 Å². The number of nitrogens with zero attached hydrogens (tertiary/aromatic N) is 1. The SMILES string of the molecule is CN1[C@@H]2CC[C@H]1C[C@@H](C=C(c1ccc(Cl)cc1)c1ccc(Cl)cc1)C2. The molecule has 0 amide bonds. The van der Waals surface area contributed by atoms with Crippen LogP contribution in [0.15, 0.2) is 54.6 Å². The van der Waals surface area contributed by atoms with Crippen LogP contribution in [-0.2, 0) is 0 Å². The Morgan fingerprint density at radius 2 is 1.28 bits per heavy atom. The maximum atomic E-state index is 6.10.